The van der Waals surface area contributed by atoms with Gasteiger partial charge in [-0.3, -0.25) is 4.79 Å². The van der Waals surface area contributed by atoms with Crippen molar-refractivity contribution in [3.63, 3.8) is 0 Å². The Morgan fingerprint density at radius 2 is 2.32 bits per heavy atom. The largest absolute Gasteiger partial charge is 0.496 e. The first-order chi connectivity index (χ1) is 9.11. The minimum absolute atomic E-state index is 0.0866. The predicted molar refractivity (Wildman–Crippen MR) is 68.6 cm³/mol. The number of ether oxygens (including phenoxy) is 1. The van der Waals surface area contributed by atoms with Gasteiger partial charge in [-0.1, -0.05) is 6.42 Å². The van der Waals surface area contributed by atoms with Gasteiger partial charge in [0.25, 0.3) is 5.91 Å². The fourth-order valence-corrected chi connectivity index (χ4v) is 2.43. The summed E-state index contributed by atoms with van der Waals surface area (Å²) in [5.41, 5.74) is 0.176. The number of hydrogen-bond donors (Lipinski definition) is 2. The Balaban J connectivity index is 2.01. The molecule has 0 aromatic heterocycles. The van der Waals surface area contributed by atoms with E-state index < -0.39 is 5.82 Å². The van der Waals surface area contributed by atoms with Gasteiger partial charge in [0.15, 0.2) is 0 Å². The van der Waals surface area contributed by atoms with Gasteiger partial charge in [-0.15, -0.1) is 0 Å². The van der Waals surface area contributed by atoms with Crippen LogP contribution in [0.15, 0.2) is 18.2 Å². The highest BCUT2D eigenvalue weighted by molar-refractivity contribution is 5.96. The topological polar surface area (TPSA) is 58.6 Å². The Bertz CT molecular complexity index is 464. The second-order valence-corrected chi connectivity index (χ2v) is 4.81. The third kappa shape index (κ3) is 3.23. The average Bonchev–Trinajstić information content (AvgIpc) is 2.81. The van der Waals surface area contributed by atoms with Crippen molar-refractivity contribution in [2.24, 2.45) is 5.92 Å². The molecule has 1 saturated carbocycles. The highest BCUT2D eigenvalue weighted by Crippen LogP contribution is 2.25. The van der Waals surface area contributed by atoms with E-state index >= 15 is 0 Å². The third-order valence-electron chi connectivity index (χ3n) is 3.55. The zero-order valence-corrected chi connectivity index (χ0v) is 10.9. The first-order valence-corrected chi connectivity index (χ1v) is 6.41. The van der Waals surface area contributed by atoms with Gasteiger partial charge in [0.05, 0.1) is 18.8 Å². The van der Waals surface area contributed by atoms with E-state index in [1.54, 1.807) is 0 Å². The Labute approximate surface area is 111 Å². The first-order valence-electron chi connectivity index (χ1n) is 6.41. The molecule has 1 aromatic carbocycles. The highest BCUT2D eigenvalue weighted by atomic mass is 19.1. The van der Waals surface area contributed by atoms with Crippen molar-refractivity contribution >= 4 is 5.91 Å². The van der Waals surface area contributed by atoms with Crippen LogP contribution in [-0.2, 0) is 0 Å². The number of benzene rings is 1. The molecular formula is C14H18FNO3. The van der Waals surface area contributed by atoms with E-state index in [0.29, 0.717) is 12.3 Å². The lowest BCUT2D eigenvalue weighted by Crippen LogP contribution is -2.32. The summed E-state index contributed by atoms with van der Waals surface area (Å²) < 4.78 is 18.2. The van der Waals surface area contributed by atoms with Crippen molar-refractivity contribution in [1.29, 1.82) is 0 Å². The van der Waals surface area contributed by atoms with E-state index in [1.807, 2.05) is 0 Å². The molecule has 0 radical (unpaired) electrons. The van der Waals surface area contributed by atoms with Gasteiger partial charge in [-0.05, 0) is 31.0 Å². The first kappa shape index (κ1) is 13.8. The van der Waals surface area contributed by atoms with Crippen LogP contribution in [0.1, 0.15) is 29.6 Å². The van der Waals surface area contributed by atoms with Gasteiger partial charge in [-0.25, -0.2) is 4.39 Å². The summed E-state index contributed by atoms with van der Waals surface area (Å²) in [5.74, 6) is -0.434. The van der Waals surface area contributed by atoms with Crippen molar-refractivity contribution in [3.8, 4) is 5.75 Å². The molecule has 19 heavy (non-hydrogen) atoms. The number of carbonyl (C=O) groups is 1. The number of methoxy groups -OCH3 is 1. The zero-order valence-electron chi connectivity index (χ0n) is 10.9. The molecule has 1 aromatic rings. The van der Waals surface area contributed by atoms with Crippen LogP contribution in [0.2, 0.25) is 0 Å². The van der Waals surface area contributed by atoms with Crippen LogP contribution < -0.4 is 10.1 Å². The molecular weight excluding hydrogens is 249 g/mol. The number of amides is 1. The monoisotopic (exact) mass is 267 g/mol. The molecule has 2 N–H and O–H groups in total. The van der Waals surface area contributed by atoms with E-state index in [1.165, 1.54) is 19.2 Å². The minimum Gasteiger partial charge on any atom is -0.496 e. The maximum absolute atomic E-state index is 13.2. The van der Waals surface area contributed by atoms with Crippen molar-refractivity contribution in [3.05, 3.63) is 29.6 Å². The molecule has 1 aliphatic carbocycles. The number of hydrogen-bond acceptors (Lipinski definition) is 3. The SMILES string of the molecule is COc1ccc(F)cc1C(=O)NCC1CCCC1O. The quantitative estimate of drug-likeness (QED) is 0.873. The van der Waals surface area contributed by atoms with Crippen molar-refractivity contribution in [1.82, 2.24) is 5.32 Å². The Morgan fingerprint density at radius 3 is 2.95 bits per heavy atom. The molecule has 1 aliphatic rings. The summed E-state index contributed by atoms with van der Waals surface area (Å²) in [6.07, 6.45) is 2.31. The highest BCUT2D eigenvalue weighted by Gasteiger charge is 2.25. The molecule has 1 amide bonds. The molecule has 2 unspecified atom stereocenters. The van der Waals surface area contributed by atoms with Gasteiger partial charge in [0.1, 0.15) is 11.6 Å². The summed E-state index contributed by atoms with van der Waals surface area (Å²) in [5, 5.41) is 12.4. The van der Waals surface area contributed by atoms with Crippen LogP contribution in [0, 0.1) is 11.7 Å². The molecule has 5 heteroatoms. The smallest absolute Gasteiger partial charge is 0.255 e. The lowest BCUT2D eigenvalue weighted by Gasteiger charge is -2.15. The van der Waals surface area contributed by atoms with Crippen LogP contribution in [-0.4, -0.2) is 30.8 Å². The van der Waals surface area contributed by atoms with Crippen LogP contribution in [0.4, 0.5) is 4.39 Å². The summed E-state index contributed by atoms with van der Waals surface area (Å²) in [6.45, 7) is 0.402. The summed E-state index contributed by atoms with van der Waals surface area (Å²) >= 11 is 0. The fourth-order valence-electron chi connectivity index (χ4n) is 2.43. The van der Waals surface area contributed by atoms with E-state index in [4.69, 9.17) is 4.74 Å². The molecule has 0 heterocycles. The predicted octanol–water partition coefficient (Wildman–Crippen LogP) is 1.73. The van der Waals surface area contributed by atoms with Crippen LogP contribution in [0.3, 0.4) is 0 Å². The molecule has 4 nitrogen and oxygen atoms in total. The molecule has 1 fully saturated rings. The molecule has 104 valence electrons. The molecule has 0 bridgehead atoms. The summed E-state index contributed by atoms with van der Waals surface area (Å²) in [6, 6.07) is 3.82. The lowest BCUT2D eigenvalue weighted by molar-refractivity contribution is 0.0913. The maximum Gasteiger partial charge on any atom is 0.255 e. The molecule has 0 spiro atoms. The second-order valence-electron chi connectivity index (χ2n) is 4.81. The average molecular weight is 267 g/mol. The number of carbonyl (C=O) groups excluding carboxylic acids is 1. The number of aliphatic hydroxyl groups excluding tert-OH is 1. The van der Waals surface area contributed by atoms with E-state index in [0.717, 1.165) is 25.3 Å². The molecule has 2 atom stereocenters. The Kier molecular flexibility index (Phi) is 4.37. The van der Waals surface area contributed by atoms with E-state index in [9.17, 15) is 14.3 Å². The van der Waals surface area contributed by atoms with E-state index in [-0.39, 0.29) is 23.5 Å². The number of halogens is 1. The maximum atomic E-state index is 13.2. The summed E-state index contributed by atoms with van der Waals surface area (Å²) in [7, 11) is 1.44. The van der Waals surface area contributed by atoms with Crippen molar-refractivity contribution in [2.45, 2.75) is 25.4 Å². The Hall–Kier alpha value is -1.62. The van der Waals surface area contributed by atoms with Gasteiger partial charge in [0.2, 0.25) is 0 Å². The fraction of sp³-hybridized carbons (Fsp3) is 0.500. The minimum atomic E-state index is -0.480. The number of aliphatic hydroxyl groups is 1. The number of nitrogens with one attached hydrogen (secondary N) is 1. The van der Waals surface area contributed by atoms with Gasteiger partial charge in [-0.2, -0.15) is 0 Å². The van der Waals surface area contributed by atoms with Crippen molar-refractivity contribution < 1.29 is 19.0 Å². The molecule has 0 aliphatic heterocycles. The molecule has 2 rings (SSSR count). The lowest BCUT2D eigenvalue weighted by atomic mass is 10.1. The summed E-state index contributed by atoms with van der Waals surface area (Å²) in [4.78, 5) is 12.0. The third-order valence-corrected chi connectivity index (χ3v) is 3.55. The zero-order chi connectivity index (χ0) is 13.8. The normalized spacial score (nSPS) is 22.3. The van der Waals surface area contributed by atoms with Crippen LogP contribution in [0.25, 0.3) is 0 Å². The Morgan fingerprint density at radius 1 is 1.53 bits per heavy atom. The van der Waals surface area contributed by atoms with Gasteiger partial charge < -0.3 is 15.2 Å². The van der Waals surface area contributed by atoms with Crippen molar-refractivity contribution in [2.75, 3.05) is 13.7 Å². The number of rotatable bonds is 4. The van der Waals surface area contributed by atoms with Gasteiger partial charge in [0, 0.05) is 12.5 Å². The van der Waals surface area contributed by atoms with Crippen LogP contribution >= 0.6 is 0 Å². The standard InChI is InChI=1S/C14H18FNO3/c1-19-13-6-5-10(15)7-11(13)14(18)16-8-9-3-2-4-12(9)17/h5-7,9,12,17H,2-4,8H2,1H3,(H,16,18). The van der Waals surface area contributed by atoms with Crippen LogP contribution in [0.5, 0.6) is 5.75 Å². The van der Waals surface area contributed by atoms with Gasteiger partial charge >= 0.3 is 0 Å². The molecule has 0 saturated heterocycles. The van der Waals surface area contributed by atoms with E-state index in [2.05, 4.69) is 5.32 Å². The second kappa shape index (κ2) is 6.02.